The van der Waals surface area contributed by atoms with Gasteiger partial charge in [-0.2, -0.15) is 0 Å². The summed E-state index contributed by atoms with van der Waals surface area (Å²) in [6.45, 7) is 0.699. The number of benzene rings is 2. The van der Waals surface area contributed by atoms with Gasteiger partial charge in [0.05, 0.1) is 26.0 Å². The third-order valence-corrected chi connectivity index (χ3v) is 6.11. The summed E-state index contributed by atoms with van der Waals surface area (Å²) in [5.41, 5.74) is 2.50. The highest BCUT2D eigenvalue weighted by molar-refractivity contribution is 6.32. The monoisotopic (exact) mass is 481 g/mol. The van der Waals surface area contributed by atoms with Crippen LogP contribution in [0.1, 0.15) is 16.8 Å². The Bertz CT molecular complexity index is 1240. The minimum absolute atomic E-state index is 0.104. The number of imidazole rings is 1. The van der Waals surface area contributed by atoms with Gasteiger partial charge in [0.25, 0.3) is 0 Å². The molecule has 0 saturated carbocycles. The molecule has 0 bridgehead atoms. The Morgan fingerprint density at radius 3 is 2.38 bits per heavy atom. The van der Waals surface area contributed by atoms with Crippen molar-refractivity contribution in [2.24, 2.45) is 0 Å². The highest BCUT2D eigenvalue weighted by Gasteiger charge is 2.57. The summed E-state index contributed by atoms with van der Waals surface area (Å²) in [5.74, 6) is -2.09. The van der Waals surface area contributed by atoms with E-state index in [0.29, 0.717) is 12.3 Å². The summed E-state index contributed by atoms with van der Waals surface area (Å²) < 4.78 is 19.5. The maximum absolute atomic E-state index is 11.5. The van der Waals surface area contributed by atoms with Crippen LogP contribution in [0.5, 0.6) is 0 Å². The van der Waals surface area contributed by atoms with Crippen molar-refractivity contribution < 1.29 is 24.4 Å². The largest absolute Gasteiger partial charge is 0.384 e. The maximum atomic E-state index is 11.5. The molecular weight excluding hydrogens is 458 g/mol. The Morgan fingerprint density at radius 2 is 1.68 bits per heavy atom. The molecule has 0 radical (unpaired) electrons. The molecule has 9 heteroatoms. The van der Waals surface area contributed by atoms with Gasteiger partial charge in [0, 0.05) is 12.4 Å². The fourth-order valence-electron chi connectivity index (χ4n) is 4.12. The van der Waals surface area contributed by atoms with Gasteiger partial charge < -0.3 is 24.4 Å². The van der Waals surface area contributed by atoms with E-state index in [0.717, 1.165) is 11.1 Å². The molecule has 2 aromatic heterocycles. The van der Waals surface area contributed by atoms with Crippen LogP contribution in [0, 0.1) is 0 Å². The predicted octanol–water partition coefficient (Wildman–Crippen LogP) is 3.09. The molecule has 3 heterocycles. The standard InChI is InChI=1S/C25H24ClN3O5/c26-23-24-28-13-20(29(24)12-11-27-23)25(31)22(30)21(33-15-18-9-5-2-6-10-18)19(34-25)16-32-14-17-7-3-1-4-8-17/h1-13,19,21-22,30-31H,14-16H2/t19?,21-,22-,25?/m1/s1. The van der Waals surface area contributed by atoms with E-state index in [1.54, 1.807) is 10.6 Å². The number of ether oxygens (including phenoxy) is 3. The summed E-state index contributed by atoms with van der Waals surface area (Å²) in [6, 6.07) is 19.3. The van der Waals surface area contributed by atoms with Gasteiger partial charge >= 0.3 is 0 Å². The number of fused-ring (bicyclic) bond motifs is 1. The highest BCUT2D eigenvalue weighted by atomic mass is 35.5. The van der Waals surface area contributed by atoms with Gasteiger partial charge in [0.15, 0.2) is 10.8 Å². The second-order valence-electron chi connectivity index (χ2n) is 8.11. The van der Waals surface area contributed by atoms with Crippen molar-refractivity contribution in [2.75, 3.05) is 6.61 Å². The van der Waals surface area contributed by atoms with Crippen molar-refractivity contribution >= 4 is 17.2 Å². The second kappa shape index (κ2) is 9.79. The van der Waals surface area contributed by atoms with Crippen molar-refractivity contribution in [2.45, 2.75) is 37.3 Å². The van der Waals surface area contributed by atoms with Gasteiger partial charge in [0.1, 0.15) is 24.0 Å². The lowest BCUT2D eigenvalue weighted by molar-refractivity contribution is -0.244. The molecule has 4 atom stereocenters. The molecule has 176 valence electrons. The molecule has 4 aromatic rings. The average Bonchev–Trinajstić information content (AvgIpc) is 3.40. The molecule has 1 aliphatic heterocycles. The molecule has 34 heavy (non-hydrogen) atoms. The van der Waals surface area contributed by atoms with Crippen molar-refractivity contribution in [3.8, 4) is 0 Å². The Balaban J connectivity index is 1.39. The molecule has 0 amide bonds. The number of rotatable bonds is 8. The second-order valence-corrected chi connectivity index (χ2v) is 8.47. The van der Waals surface area contributed by atoms with Gasteiger partial charge in [-0.3, -0.25) is 4.40 Å². The first-order chi connectivity index (χ1) is 16.6. The SMILES string of the molecule is O[C@@H]1[C@H](OCc2ccccc2)C(COCc2ccccc2)OC1(O)c1cnc2c(Cl)nccn12. The third-order valence-electron chi connectivity index (χ3n) is 5.84. The van der Waals surface area contributed by atoms with Gasteiger partial charge in [-0.05, 0) is 11.1 Å². The number of aliphatic hydroxyl groups is 2. The van der Waals surface area contributed by atoms with E-state index in [1.165, 1.54) is 12.4 Å². The number of aromatic nitrogens is 3. The third kappa shape index (κ3) is 4.44. The molecule has 2 unspecified atom stereocenters. The van der Waals surface area contributed by atoms with Crippen LogP contribution in [-0.4, -0.2) is 49.5 Å². The number of halogens is 1. The Morgan fingerprint density at radius 1 is 1.00 bits per heavy atom. The van der Waals surface area contributed by atoms with Crippen molar-refractivity contribution in [1.29, 1.82) is 0 Å². The number of hydrogen-bond donors (Lipinski definition) is 2. The minimum Gasteiger partial charge on any atom is -0.384 e. The zero-order valence-electron chi connectivity index (χ0n) is 18.2. The van der Waals surface area contributed by atoms with Crippen molar-refractivity contribution in [3.05, 3.63) is 101 Å². The molecule has 0 spiro atoms. The smallest absolute Gasteiger partial charge is 0.239 e. The summed E-state index contributed by atoms with van der Waals surface area (Å²) >= 11 is 6.14. The van der Waals surface area contributed by atoms with E-state index in [9.17, 15) is 10.2 Å². The van der Waals surface area contributed by atoms with Crippen LogP contribution in [0.15, 0.2) is 79.3 Å². The fraction of sp³-hybridized carbons (Fsp3) is 0.280. The molecule has 0 aliphatic carbocycles. The molecule has 1 saturated heterocycles. The maximum Gasteiger partial charge on any atom is 0.239 e. The van der Waals surface area contributed by atoms with E-state index in [-0.39, 0.29) is 24.1 Å². The molecule has 1 aliphatic rings. The predicted molar refractivity (Wildman–Crippen MR) is 124 cm³/mol. The van der Waals surface area contributed by atoms with Crippen molar-refractivity contribution in [3.63, 3.8) is 0 Å². The zero-order chi connectivity index (χ0) is 23.5. The van der Waals surface area contributed by atoms with E-state index < -0.39 is 24.1 Å². The van der Waals surface area contributed by atoms with Crippen LogP contribution in [0.25, 0.3) is 5.65 Å². The number of aliphatic hydroxyl groups excluding tert-OH is 1. The van der Waals surface area contributed by atoms with Gasteiger partial charge in [-0.15, -0.1) is 0 Å². The number of nitrogens with zero attached hydrogens (tertiary/aromatic N) is 3. The van der Waals surface area contributed by atoms with Crippen LogP contribution >= 0.6 is 11.6 Å². The lowest BCUT2D eigenvalue weighted by atomic mass is 10.0. The Labute approximate surface area is 201 Å². The van der Waals surface area contributed by atoms with Gasteiger partial charge in [0.2, 0.25) is 5.79 Å². The van der Waals surface area contributed by atoms with E-state index >= 15 is 0 Å². The van der Waals surface area contributed by atoms with Crippen LogP contribution < -0.4 is 0 Å². The fourth-order valence-corrected chi connectivity index (χ4v) is 4.32. The lowest BCUT2D eigenvalue weighted by Crippen LogP contribution is -2.42. The minimum atomic E-state index is -2.09. The first kappa shape index (κ1) is 22.9. The van der Waals surface area contributed by atoms with Crippen LogP contribution in [0.2, 0.25) is 5.15 Å². The topological polar surface area (TPSA) is 98.3 Å². The lowest BCUT2D eigenvalue weighted by Gasteiger charge is -2.26. The highest BCUT2D eigenvalue weighted by Crippen LogP contribution is 2.40. The van der Waals surface area contributed by atoms with Crippen LogP contribution in [-0.2, 0) is 33.2 Å². The Kier molecular flexibility index (Phi) is 6.60. The Hall–Kier alpha value is -2.85. The molecule has 8 nitrogen and oxygen atoms in total. The van der Waals surface area contributed by atoms with Crippen LogP contribution in [0.3, 0.4) is 0 Å². The molecule has 5 rings (SSSR count). The first-order valence-corrected chi connectivity index (χ1v) is 11.3. The first-order valence-electron chi connectivity index (χ1n) is 10.9. The summed E-state index contributed by atoms with van der Waals surface area (Å²) in [4.78, 5) is 8.24. The summed E-state index contributed by atoms with van der Waals surface area (Å²) in [7, 11) is 0. The zero-order valence-corrected chi connectivity index (χ0v) is 19.0. The molecule has 2 aromatic carbocycles. The van der Waals surface area contributed by atoms with Crippen molar-refractivity contribution in [1.82, 2.24) is 14.4 Å². The quantitative estimate of drug-likeness (QED) is 0.399. The molecule has 2 N–H and O–H groups in total. The van der Waals surface area contributed by atoms with Gasteiger partial charge in [-0.25, -0.2) is 9.97 Å². The van der Waals surface area contributed by atoms with Crippen LogP contribution in [0.4, 0.5) is 0 Å². The van der Waals surface area contributed by atoms with E-state index in [2.05, 4.69) is 9.97 Å². The summed E-state index contributed by atoms with van der Waals surface area (Å²) in [6.07, 6.45) is 1.48. The van der Waals surface area contributed by atoms with E-state index in [4.69, 9.17) is 25.8 Å². The normalized spacial score (nSPS) is 24.6. The van der Waals surface area contributed by atoms with E-state index in [1.807, 2.05) is 60.7 Å². The molecule has 1 fully saturated rings. The number of hydrogen-bond acceptors (Lipinski definition) is 7. The molecular formula is C25H24ClN3O5. The average molecular weight is 482 g/mol. The summed E-state index contributed by atoms with van der Waals surface area (Å²) in [5, 5.41) is 22.9. The van der Waals surface area contributed by atoms with Gasteiger partial charge in [-0.1, -0.05) is 72.3 Å².